The van der Waals surface area contributed by atoms with Crippen LogP contribution < -0.4 is 10.7 Å². The highest BCUT2D eigenvalue weighted by molar-refractivity contribution is 6.49. The lowest BCUT2D eigenvalue weighted by atomic mass is 10.1. The Bertz CT molecular complexity index is 533. The summed E-state index contributed by atoms with van der Waals surface area (Å²) in [5, 5.41) is 9.06. The zero-order valence-electron chi connectivity index (χ0n) is 7.10. The predicted molar refractivity (Wildman–Crippen MR) is 45.9 cm³/mol. The molecule has 0 fully saturated rings. The number of aromatic nitrogens is 1. The highest BCUT2D eigenvalue weighted by atomic mass is 16.4. The van der Waals surface area contributed by atoms with E-state index in [1.54, 1.807) is 18.3 Å². The molecule has 0 unspecified atom stereocenters. The standard InChI is InChI=1S/C9H6N2O3/c12-7(9(13)14)6-4-11-8-5(6)2-1-3-10-8/h1-3H,4H2,(H,13,14). The van der Waals surface area contributed by atoms with Gasteiger partial charge in [0.25, 0.3) is 5.78 Å². The van der Waals surface area contributed by atoms with Crippen LogP contribution in [0.4, 0.5) is 0 Å². The molecule has 5 nitrogen and oxygen atoms in total. The molecule has 0 amide bonds. The number of nitrogens with zero attached hydrogens (tertiary/aromatic N) is 2. The second kappa shape index (κ2) is 3.02. The first-order valence-corrected chi connectivity index (χ1v) is 3.96. The molecule has 2 rings (SSSR count). The predicted octanol–water partition coefficient (Wildman–Crippen LogP) is -1.48. The number of carbonyl (C=O) groups is 2. The minimum atomic E-state index is -1.45. The van der Waals surface area contributed by atoms with E-state index >= 15 is 0 Å². The van der Waals surface area contributed by atoms with E-state index in [-0.39, 0.29) is 12.1 Å². The zero-order valence-corrected chi connectivity index (χ0v) is 7.10. The third kappa shape index (κ3) is 1.19. The van der Waals surface area contributed by atoms with Gasteiger partial charge in [0.2, 0.25) is 0 Å². The van der Waals surface area contributed by atoms with Crippen LogP contribution in [0.15, 0.2) is 23.3 Å². The maximum atomic E-state index is 11.2. The van der Waals surface area contributed by atoms with Gasteiger partial charge in [-0.1, -0.05) is 0 Å². The number of hydrogen-bond acceptors (Lipinski definition) is 4. The van der Waals surface area contributed by atoms with E-state index in [4.69, 9.17) is 5.11 Å². The summed E-state index contributed by atoms with van der Waals surface area (Å²) >= 11 is 0. The van der Waals surface area contributed by atoms with Crippen molar-refractivity contribution in [1.82, 2.24) is 4.98 Å². The van der Waals surface area contributed by atoms with Crippen molar-refractivity contribution in [3.05, 3.63) is 29.0 Å². The lowest BCUT2D eigenvalue weighted by Crippen LogP contribution is -2.29. The molecular weight excluding hydrogens is 184 g/mol. The second-order valence-electron chi connectivity index (χ2n) is 2.80. The van der Waals surface area contributed by atoms with Gasteiger partial charge in [-0.3, -0.25) is 9.79 Å². The minimum Gasteiger partial charge on any atom is -0.475 e. The molecule has 0 spiro atoms. The summed E-state index contributed by atoms with van der Waals surface area (Å²) in [6.45, 7) is 0.109. The number of pyridine rings is 1. The van der Waals surface area contributed by atoms with Gasteiger partial charge >= 0.3 is 5.97 Å². The molecule has 1 aliphatic heterocycles. The Morgan fingerprint density at radius 3 is 2.93 bits per heavy atom. The Morgan fingerprint density at radius 2 is 2.21 bits per heavy atom. The molecular formula is C9H6N2O3. The third-order valence-corrected chi connectivity index (χ3v) is 1.97. The number of fused-ring (bicyclic) bond motifs is 1. The minimum absolute atomic E-state index is 0.109. The van der Waals surface area contributed by atoms with E-state index < -0.39 is 11.8 Å². The zero-order chi connectivity index (χ0) is 10.1. The molecule has 1 N–H and O–H groups in total. The van der Waals surface area contributed by atoms with Gasteiger partial charge in [-0.25, -0.2) is 9.78 Å². The van der Waals surface area contributed by atoms with Gasteiger partial charge in [0, 0.05) is 17.0 Å². The maximum absolute atomic E-state index is 11.2. The van der Waals surface area contributed by atoms with Gasteiger partial charge < -0.3 is 5.11 Å². The average Bonchev–Trinajstić information content (AvgIpc) is 2.60. The lowest BCUT2D eigenvalue weighted by Gasteiger charge is -1.92. The molecule has 1 aromatic heterocycles. The SMILES string of the molecule is O=C(O)C(=O)C1=c2cccnc2=NC1. The summed E-state index contributed by atoms with van der Waals surface area (Å²) < 4.78 is 0. The molecule has 0 saturated heterocycles. The van der Waals surface area contributed by atoms with E-state index in [1.807, 2.05) is 0 Å². The summed E-state index contributed by atoms with van der Waals surface area (Å²) in [5.41, 5.74) is 0.651. The molecule has 5 heteroatoms. The fraction of sp³-hybridized carbons (Fsp3) is 0.111. The van der Waals surface area contributed by atoms with E-state index in [2.05, 4.69) is 9.98 Å². The summed E-state index contributed by atoms with van der Waals surface area (Å²) in [4.78, 5) is 29.5. The summed E-state index contributed by atoms with van der Waals surface area (Å²) in [7, 11) is 0. The van der Waals surface area contributed by atoms with Gasteiger partial charge in [-0.05, 0) is 12.1 Å². The Morgan fingerprint density at radius 1 is 1.43 bits per heavy atom. The maximum Gasteiger partial charge on any atom is 0.376 e. The number of Topliss-reactive ketones (excluding diaryl/α,β-unsaturated/α-hetero) is 1. The van der Waals surface area contributed by atoms with Crippen LogP contribution in [0.5, 0.6) is 0 Å². The van der Waals surface area contributed by atoms with Crippen molar-refractivity contribution < 1.29 is 14.7 Å². The monoisotopic (exact) mass is 190 g/mol. The van der Waals surface area contributed by atoms with E-state index in [9.17, 15) is 9.59 Å². The van der Waals surface area contributed by atoms with Crippen LogP contribution in [0.25, 0.3) is 5.57 Å². The number of carboxylic acids is 1. The van der Waals surface area contributed by atoms with E-state index in [0.717, 1.165) is 0 Å². The summed E-state index contributed by atoms with van der Waals surface area (Å²) in [6.07, 6.45) is 1.55. The topological polar surface area (TPSA) is 79.6 Å². The van der Waals surface area contributed by atoms with Crippen molar-refractivity contribution in [3.8, 4) is 0 Å². The Kier molecular flexibility index (Phi) is 1.85. The highest BCUT2D eigenvalue weighted by Gasteiger charge is 2.21. The van der Waals surface area contributed by atoms with E-state index in [0.29, 0.717) is 10.7 Å². The summed E-state index contributed by atoms with van der Waals surface area (Å²) in [5.74, 6) is -2.35. The third-order valence-electron chi connectivity index (χ3n) is 1.97. The number of rotatable bonds is 2. The Labute approximate surface area is 78.4 Å². The van der Waals surface area contributed by atoms with Crippen molar-refractivity contribution in [3.63, 3.8) is 0 Å². The fourth-order valence-electron chi connectivity index (χ4n) is 1.32. The Balaban J connectivity index is 2.67. The molecule has 1 aliphatic rings. The fourth-order valence-corrected chi connectivity index (χ4v) is 1.32. The van der Waals surface area contributed by atoms with Crippen molar-refractivity contribution in [1.29, 1.82) is 0 Å². The van der Waals surface area contributed by atoms with Crippen LogP contribution >= 0.6 is 0 Å². The number of carbonyl (C=O) groups excluding carboxylic acids is 1. The molecule has 1 aromatic rings. The van der Waals surface area contributed by atoms with Crippen LogP contribution in [-0.4, -0.2) is 28.4 Å². The molecule has 0 aromatic carbocycles. The average molecular weight is 190 g/mol. The van der Waals surface area contributed by atoms with E-state index in [1.165, 1.54) is 0 Å². The molecule has 0 bridgehead atoms. The number of hydrogen-bond donors (Lipinski definition) is 1. The first kappa shape index (κ1) is 8.55. The molecule has 0 aliphatic carbocycles. The van der Waals surface area contributed by atoms with Crippen LogP contribution in [-0.2, 0) is 9.59 Å². The van der Waals surface area contributed by atoms with Crippen LogP contribution in [0.2, 0.25) is 0 Å². The van der Waals surface area contributed by atoms with Crippen molar-refractivity contribution in [2.45, 2.75) is 0 Å². The van der Waals surface area contributed by atoms with Crippen LogP contribution in [0.3, 0.4) is 0 Å². The number of ketones is 1. The Hall–Kier alpha value is -2.04. The van der Waals surface area contributed by atoms with Gasteiger partial charge in [0.1, 0.15) is 0 Å². The van der Waals surface area contributed by atoms with Gasteiger partial charge in [-0.2, -0.15) is 0 Å². The largest absolute Gasteiger partial charge is 0.475 e. The molecule has 70 valence electrons. The van der Waals surface area contributed by atoms with Crippen molar-refractivity contribution >= 4 is 17.3 Å². The van der Waals surface area contributed by atoms with Gasteiger partial charge in [-0.15, -0.1) is 0 Å². The molecule has 2 heterocycles. The summed E-state index contributed by atoms with van der Waals surface area (Å²) in [6, 6.07) is 3.30. The van der Waals surface area contributed by atoms with Crippen molar-refractivity contribution in [2.24, 2.45) is 4.99 Å². The number of carboxylic acid groups (broad SMARTS) is 1. The molecule has 0 radical (unpaired) electrons. The van der Waals surface area contributed by atoms with Gasteiger partial charge in [0.05, 0.1) is 6.54 Å². The first-order valence-electron chi connectivity index (χ1n) is 3.96. The van der Waals surface area contributed by atoms with Gasteiger partial charge in [0.15, 0.2) is 5.49 Å². The smallest absolute Gasteiger partial charge is 0.376 e. The lowest BCUT2D eigenvalue weighted by molar-refractivity contribution is -0.146. The highest BCUT2D eigenvalue weighted by Crippen LogP contribution is 1.98. The normalized spacial score (nSPS) is 13.3. The second-order valence-corrected chi connectivity index (χ2v) is 2.80. The molecule has 0 saturated carbocycles. The number of aliphatic carboxylic acids is 1. The van der Waals surface area contributed by atoms with Crippen molar-refractivity contribution in [2.75, 3.05) is 6.54 Å². The molecule has 14 heavy (non-hydrogen) atoms. The molecule has 0 atom stereocenters. The quantitative estimate of drug-likeness (QED) is 0.577. The van der Waals surface area contributed by atoms with Crippen LogP contribution in [0, 0.1) is 0 Å². The van der Waals surface area contributed by atoms with Crippen LogP contribution in [0.1, 0.15) is 0 Å². The first-order chi connectivity index (χ1) is 6.70.